The molecule has 0 saturated carbocycles. The summed E-state index contributed by atoms with van der Waals surface area (Å²) in [6.45, 7) is 7.82. The maximum atomic E-state index is 4.82. The number of nitrogens with one attached hydrogen (secondary N) is 1. The number of aromatic nitrogens is 1. The molecular weight excluding hydrogens is 276 g/mol. The lowest BCUT2D eigenvalue weighted by Crippen LogP contribution is -2.36. The highest BCUT2D eigenvalue weighted by atomic mass is 32.1. The van der Waals surface area contributed by atoms with Crippen LogP contribution in [0, 0.1) is 5.92 Å². The van der Waals surface area contributed by atoms with Gasteiger partial charge in [0.2, 0.25) is 0 Å². The van der Waals surface area contributed by atoms with Gasteiger partial charge in [0, 0.05) is 23.4 Å². The number of thiazole rings is 1. The molecule has 2 unspecified atom stereocenters. The molecule has 0 radical (unpaired) electrons. The van der Waals surface area contributed by atoms with Crippen LogP contribution in [-0.4, -0.2) is 17.6 Å². The highest BCUT2D eigenvalue weighted by Gasteiger charge is 2.18. The van der Waals surface area contributed by atoms with E-state index in [1.54, 1.807) is 11.3 Å². The molecule has 114 valence electrons. The summed E-state index contributed by atoms with van der Waals surface area (Å²) in [5, 5.41) is 7.05. The lowest BCUT2D eigenvalue weighted by molar-refractivity contribution is 0.357. The third-order valence-electron chi connectivity index (χ3n) is 3.91. The van der Waals surface area contributed by atoms with Gasteiger partial charge in [-0.25, -0.2) is 4.98 Å². The molecule has 0 aliphatic carbocycles. The first-order valence-electron chi connectivity index (χ1n) is 7.97. The Hall–Kier alpha value is -1.19. The van der Waals surface area contributed by atoms with Gasteiger partial charge in [-0.3, -0.25) is 0 Å². The molecular formula is C18H26N2S. The number of benzene rings is 1. The van der Waals surface area contributed by atoms with Crippen molar-refractivity contribution in [2.45, 2.75) is 46.1 Å². The van der Waals surface area contributed by atoms with Gasteiger partial charge in [-0.1, -0.05) is 57.5 Å². The Kier molecular flexibility index (Phi) is 6.40. The SMILES string of the molecule is CCCC(C)C(Cc1nc(-c2ccccc2)cs1)NCC. The van der Waals surface area contributed by atoms with E-state index in [0.29, 0.717) is 12.0 Å². The quantitative estimate of drug-likeness (QED) is 0.760. The summed E-state index contributed by atoms with van der Waals surface area (Å²) < 4.78 is 0. The van der Waals surface area contributed by atoms with E-state index in [9.17, 15) is 0 Å². The van der Waals surface area contributed by atoms with Crippen LogP contribution in [0.3, 0.4) is 0 Å². The summed E-state index contributed by atoms with van der Waals surface area (Å²) in [7, 11) is 0. The van der Waals surface area contributed by atoms with E-state index in [1.807, 2.05) is 6.07 Å². The van der Waals surface area contributed by atoms with Crippen molar-refractivity contribution in [1.29, 1.82) is 0 Å². The second-order valence-electron chi connectivity index (χ2n) is 5.63. The van der Waals surface area contributed by atoms with Crippen LogP contribution < -0.4 is 5.32 Å². The van der Waals surface area contributed by atoms with E-state index in [-0.39, 0.29) is 0 Å². The normalized spacial score (nSPS) is 14.0. The van der Waals surface area contributed by atoms with Crippen molar-refractivity contribution in [2.75, 3.05) is 6.54 Å². The van der Waals surface area contributed by atoms with Crippen molar-refractivity contribution in [2.24, 2.45) is 5.92 Å². The van der Waals surface area contributed by atoms with Crippen molar-refractivity contribution in [3.05, 3.63) is 40.7 Å². The van der Waals surface area contributed by atoms with Crippen LogP contribution in [-0.2, 0) is 6.42 Å². The predicted octanol–water partition coefficient (Wildman–Crippen LogP) is 4.77. The van der Waals surface area contributed by atoms with Crippen molar-refractivity contribution >= 4 is 11.3 Å². The standard InChI is InChI=1S/C18H26N2S/c1-4-9-14(3)16(19-5-2)12-18-20-17(13-21-18)15-10-7-6-8-11-15/h6-8,10-11,13-14,16,19H,4-5,9,12H2,1-3H3. The number of nitrogens with zero attached hydrogens (tertiary/aromatic N) is 1. The maximum absolute atomic E-state index is 4.82. The molecule has 0 spiro atoms. The molecule has 2 rings (SSSR count). The van der Waals surface area contributed by atoms with Crippen LogP contribution in [0.2, 0.25) is 0 Å². The predicted molar refractivity (Wildman–Crippen MR) is 92.8 cm³/mol. The largest absolute Gasteiger partial charge is 0.314 e. The highest BCUT2D eigenvalue weighted by Crippen LogP contribution is 2.24. The Bertz CT molecular complexity index is 521. The van der Waals surface area contributed by atoms with E-state index >= 15 is 0 Å². The lowest BCUT2D eigenvalue weighted by Gasteiger charge is -2.23. The molecule has 2 nitrogen and oxygen atoms in total. The topological polar surface area (TPSA) is 24.9 Å². The second-order valence-corrected chi connectivity index (χ2v) is 6.57. The average molecular weight is 302 g/mol. The third-order valence-corrected chi connectivity index (χ3v) is 4.78. The fraction of sp³-hybridized carbons (Fsp3) is 0.500. The summed E-state index contributed by atoms with van der Waals surface area (Å²) >= 11 is 1.78. The molecule has 1 aromatic heterocycles. The van der Waals surface area contributed by atoms with Gasteiger partial charge >= 0.3 is 0 Å². The van der Waals surface area contributed by atoms with E-state index in [0.717, 1.165) is 18.7 Å². The van der Waals surface area contributed by atoms with Gasteiger partial charge in [0.25, 0.3) is 0 Å². The van der Waals surface area contributed by atoms with Gasteiger partial charge in [0.1, 0.15) is 0 Å². The van der Waals surface area contributed by atoms with Crippen molar-refractivity contribution in [3.63, 3.8) is 0 Å². The maximum Gasteiger partial charge on any atom is 0.0948 e. The summed E-state index contributed by atoms with van der Waals surface area (Å²) in [4.78, 5) is 4.82. The molecule has 0 fully saturated rings. The molecule has 0 saturated heterocycles. The number of rotatable bonds is 8. The van der Waals surface area contributed by atoms with Gasteiger partial charge < -0.3 is 5.32 Å². The van der Waals surface area contributed by atoms with E-state index < -0.39 is 0 Å². The smallest absolute Gasteiger partial charge is 0.0948 e. The third kappa shape index (κ3) is 4.65. The molecule has 0 aliphatic rings. The first-order chi connectivity index (χ1) is 10.2. The highest BCUT2D eigenvalue weighted by molar-refractivity contribution is 7.09. The zero-order valence-electron chi connectivity index (χ0n) is 13.3. The van der Waals surface area contributed by atoms with Gasteiger partial charge in [0.05, 0.1) is 10.7 Å². The Labute approximate surface area is 132 Å². The Balaban J connectivity index is 2.06. The molecule has 2 atom stereocenters. The van der Waals surface area contributed by atoms with E-state index in [1.165, 1.54) is 23.4 Å². The number of hydrogen-bond acceptors (Lipinski definition) is 3. The van der Waals surface area contributed by atoms with Crippen LogP contribution in [0.25, 0.3) is 11.3 Å². The van der Waals surface area contributed by atoms with E-state index in [2.05, 4.69) is 55.7 Å². The van der Waals surface area contributed by atoms with Crippen molar-refractivity contribution in [3.8, 4) is 11.3 Å². The number of hydrogen-bond donors (Lipinski definition) is 1. The van der Waals surface area contributed by atoms with Crippen LogP contribution in [0.4, 0.5) is 0 Å². The Morgan fingerprint density at radius 3 is 2.62 bits per heavy atom. The molecule has 1 aromatic carbocycles. The molecule has 0 amide bonds. The van der Waals surface area contributed by atoms with Gasteiger partial charge in [-0.05, 0) is 18.9 Å². The minimum Gasteiger partial charge on any atom is -0.314 e. The fourth-order valence-electron chi connectivity index (χ4n) is 2.73. The Morgan fingerprint density at radius 2 is 1.95 bits per heavy atom. The van der Waals surface area contributed by atoms with Crippen LogP contribution >= 0.6 is 11.3 Å². The molecule has 3 heteroatoms. The summed E-state index contributed by atoms with van der Waals surface area (Å²) in [5.41, 5.74) is 2.32. The van der Waals surface area contributed by atoms with Crippen LogP contribution in [0.5, 0.6) is 0 Å². The Morgan fingerprint density at radius 1 is 1.19 bits per heavy atom. The van der Waals surface area contributed by atoms with E-state index in [4.69, 9.17) is 4.98 Å². The average Bonchev–Trinajstić information content (AvgIpc) is 2.96. The van der Waals surface area contributed by atoms with Crippen molar-refractivity contribution < 1.29 is 0 Å². The summed E-state index contributed by atoms with van der Waals surface area (Å²) in [5.74, 6) is 0.694. The van der Waals surface area contributed by atoms with Crippen LogP contribution in [0.15, 0.2) is 35.7 Å². The van der Waals surface area contributed by atoms with Gasteiger partial charge in [-0.15, -0.1) is 11.3 Å². The summed E-state index contributed by atoms with van der Waals surface area (Å²) in [6.07, 6.45) is 3.55. The minimum atomic E-state index is 0.532. The van der Waals surface area contributed by atoms with Crippen molar-refractivity contribution in [1.82, 2.24) is 10.3 Å². The lowest BCUT2D eigenvalue weighted by atomic mass is 9.94. The first-order valence-corrected chi connectivity index (χ1v) is 8.85. The molecule has 0 aliphatic heterocycles. The molecule has 0 bridgehead atoms. The molecule has 1 heterocycles. The zero-order chi connectivity index (χ0) is 15.1. The fourth-order valence-corrected chi connectivity index (χ4v) is 3.59. The zero-order valence-corrected chi connectivity index (χ0v) is 14.1. The summed E-state index contributed by atoms with van der Waals surface area (Å²) in [6, 6.07) is 11.0. The van der Waals surface area contributed by atoms with Gasteiger partial charge in [0.15, 0.2) is 0 Å². The second kappa shape index (κ2) is 8.30. The van der Waals surface area contributed by atoms with Crippen LogP contribution in [0.1, 0.15) is 38.6 Å². The molecule has 2 aromatic rings. The molecule has 1 N–H and O–H groups in total. The first kappa shape index (κ1) is 16.2. The molecule has 21 heavy (non-hydrogen) atoms. The van der Waals surface area contributed by atoms with Gasteiger partial charge in [-0.2, -0.15) is 0 Å². The monoisotopic (exact) mass is 302 g/mol. The minimum absolute atomic E-state index is 0.532. The number of likely N-dealkylation sites (N-methyl/N-ethyl adjacent to an activating group) is 1.